The Bertz CT molecular complexity index is 1000. The van der Waals surface area contributed by atoms with E-state index in [1.165, 1.54) is 22.2 Å². The zero-order valence-electron chi connectivity index (χ0n) is 18.3. The number of benzene rings is 2. The number of aromatic nitrogens is 1. The van der Waals surface area contributed by atoms with Crippen molar-refractivity contribution in [2.45, 2.75) is 45.7 Å². The molecular formula is C26H32ClN3O. The van der Waals surface area contributed by atoms with Crippen molar-refractivity contribution in [2.75, 3.05) is 19.6 Å². The fourth-order valence-electron chi connectivity index (χ4n) is 4.47. The lowest BCUT2D eigenvalue weighted by Crippen LogP contribution is -2.40. The molecule has 1 N–H and O–H groups in total. The molecule has 5 heteroatoms. The summed E-state index contributed by atoms with van der Waals surface area (Å²) in [6.07, 6.45) is 4.05. The van der Waals surface area contributed by atoms with Crippen LogP contribution in [0.25, 0.3) is 10.9 Å². The number of fused-ring (bicyclic) bond motifs is 1. The van der Waals surface area contributed by atoms with Crippen molar-refractivity contribution >= 4 is 28.4 Å². The molecule has 1 saturated heterocycles. The number of hydrogen-bond acceptors (Lipinski definition) is 2. The van der Waals surface area contributed by atoms with Crippen molar-refractivity contribution in [3.8, 4) is 0 Å². The first-order chi connectivity index (χ1) is 15.1. The largest absolute Gasteiger partial charge is 0.356 e. The second kappa shape index (κ2) is 10.3. The van der Waals surface area contributed by atoms with Gasteiger partial charge in [0.25, 0.3) is 0 Å². The van der Waals surface area contributed by atoms with Gasteiger partial charge in [-0.3, -0.25) is 9.69 Å². The summed E-state index contributed by atoms with van der Waals surface area (Å²) in [6.45, 7) is 6.63. The van der Waals surface area contributed by atoms with E-state index in [9.17, 15) is 4.79 Å². The van der Waals surface area contributed by atoms with Gasteiger partial charge in [-0.15, -0.1) is 0 Å². The zero-order chi connectivity index (χ0) is 21.6. The number of carbonyl (C=O) groups is 1. The summed E-state index contributed by atoms with van der Waals surface area (Å²) >= 11 is 6.08. The Hall–Kier alpha value is -2.30. The topological polar surface area (TPSA) is 37.3 Å². The Morgan fingerprint density at radius 1 is 1.06 bits per heavy atom. The molecule has 0 saturated carbocycles. The van der Waals surface area contributed by atoms with Gasteiger partial charge in [0.05, 0.1) is 0 Å². The Balaban J connectivity index is 1.44. The number of hydrogen-bond donors (Lipinski definition) is 1. The van der Waals surface area contributed by atoms with Crippen LogP contribution in [0, 0.1) is 5.92 Å². The van der Waals surface area contributed by atoms with Gasteiger partial charge in [0, 0.05) is 41.8 Å². The molecule has 1 aliphatic heterocycles. The molecule has 2 aromatic carbocycles. The van der Waals surface area contributed by atoms with Crippen LogP contribution in [0.1, 0.15) is 43.9 Å². The molecule has 31 heavy (non-hydrogen) atoms. The third-order valence-corrected chi connectivity index (χ3v) is 6.58. The number of likely N-dealkylation sites (tertiary alicyclic amines) is 1. The first-order valence-electron chi connectivity index (χ1n) is 11.5. The first kappa shape index (κ1) is 21.9. The molecule has 2 heterocycles. The van der Waals surface area contributed by atoms with Gasteiger partial charge in [0.2, 0.25) is 5.91 Å². The molecule has 1 aliphatic rings. The lowest BCUT2D eigenvalue weighted by atomic mass is 9.95. The predicted molar refractivity (Wildman–Crippen MR) is 128 cm³/mol. The molecule has 0 atom stereocenters. The van der Waals surface area contributed by atoms with E-state index in [0.717, 1.165) is 63.4 Å². The molecule has 0 bridgehead atoms. The Morgan fingerprint density at radius 3 is 2.55 bits per heavy atom. The number of nitrogens with zero attached hydrogens (tertiary/aromatic N) is 2. The second-order valence-corrected chi connectivity index (χ2v) is 9.04. The van der Waals surface area contributed by atoms with E-state index in [2.05, 4.69) is 64.2 Å². The molecule has 1 fully saturated rings. The van der Waals surface area contributed by atoms with Crippen LogP contribution in [0.5, 0.6) is 0 Å². The lowest BCUT2D eigenvalue weighted by molar-refractivity contribution is -0.126. The highest BCUT2D eigenvalue weighted by molar-refractivity contribution is 6.30. The van der Waals surface area contributed by atoms with Crippen molar-refractivity contribution in [2.24, 2.45) is 5.92 Å². The molecule has 4 nitrogen and oxygen atoms in total. The van der Waals surface area contributed by atoms with Crippen LogP contribution >= 0.6 is 11.6 Å². The number of para-hydroxylation sites is 1. The molecule has 0 aliphatic carbocycles. The van der Waals surface area contributed by atoms with Crippen LogP contribution < -0.4 is 5.32 Å². The standard InChI is InChI=1S/C26H32ClN3O/c1-2-3-14-28-26(31)21-12-15-29(16-13-21)19-24-17-22-6-4-5-7-25(22)30(24)18-20-8-10-23(27)11-9-20/h4-11,17,21H,2-3,12-16,18-19H2,1H3,(H,28,31). The predicted octanol–water partition coefficient (Wildman–Crippen LogP) is 5.47. The SMILES string of the molecule is CCCCNC(=O)C1CCN(Cc2cc3ccccc3n2Cc2ccc(Cl)cc2)CC1. The number of piperidine rings is 1. The summed E-state index contributed by atoms with van der Waals surface area (Å²) in [5, 5.41) is 5.15. The average molecular weight is 438 g/mol. The van der Waals surface area contributed by atoms with E-state index in [4.69, 9.17) is 11.6 Å². The minimum Gasteiger partial charge on any atom is -0.356 e. The van der Waals surface area contributed by atoms with E-state index in [1.54, 1.807) is 0 Å². The number of unbranched alkanes of at least 4 members (excludes halogenated alkanes) is 1. The van der Waals surface area contributed by atoms with E-state index >= 15 is 0 Å². The summed E-state index contributed by atoms with van der Waals surface area (Å²) in [4.78, 5) is 14.9. The minimum absolute atomic E-state index is 0.160. The molecule has 0 spiro atoms. The third kappa shape index (κ3) is 5.50. The second-order valence-electron chi connectivity index (χ2n) is 8.60. The van der Waals surface area contributed by atoms with Crippen LogP contribution in [-0.4, -0.2) is 35.0 Å². The van der Waals surface area contributed by atoms with Crippen LogP contribution in [0.3, 0.4) is 0 Å². The van der Waals surface area contributed by atoms with Crippen LogP contribution in [0.2, 0.25) is 5.02 Å². The van der Waals surface area contributed by atoms with Gasteiger partial charge >= 0.3 is 0 Å². The summed E-state index contributed by atoms with van der Waals surface area (Å²) in [5.41, 5.74) is 3.83. The molecule has 164 valence electrons. The van der Waals surface area contributed by atoms with Crippen molar-refractivity contribution < 1.29 is 4.79 Å². The Labute approximate surface area is 190 Å². The van der Waals surface area contributed by atoms with E-state index in [1.807, 2.05) is 12.1 Å². The van der Waals surface area contributed by atoms with Gasteiger partial charge in [-0.25, -0.2) is 0 Å². The molecular weight excluding hydrogens is 406 g/mol. The van der Waals surface area contributed by atoms with Crippen molar-refractivity contribution in [3.05, 3.63) is 70.9 Å². The van der Waals surface area contributed by atoms with Gasteiger partial charge < -0.3 is 9.88 Å². The van der Waals surface area contributed by atoms with Crippen molar-refractivity contribution in [1.29, 1.82) is 0 Å². The quantitative estimate of drug-likeness (QED) is 0.474. The minimum atomic E-state index is 0.160. The number of rotatable bonds is 8. The summed E-state index contributed by atoms with van der Waals surface area (Å²) in [5.74, 6) is 0.401. The maximum absolute atomic E-state index is 12.4. The van der Waals surface area contributed by atoms with Crippen molar-refractivity contribution in [1.82, 2.24) is 14.8 Å². The number of nitrogens with one attached hydrogen (secondary N) is 1. The monoisotopic (exact) mass is 437 g/mol. The number of amides is 1. The van der Waals surface area contributed by atoms with Crippen molar-refractivity contribution in [3.63, 3.8) is 0 Å². The van der Waals surface area contributed by atoms with Crippen LogP contribution in [-0.2, 0) is 17.9 Å². The van der Waals surface area contributed by atoms with Gasteiger partial charge in [0.15, 0.2) is 0 Å². The highest BCUT2D eigenvalue weighted by Gasteiger charge is 2.25. The molecule has 4 rings (SSSR count). The molecule has 0 radical (unpaired) electrons. The fourth-order valence-corrected chi connectivity index (χ4v) is 4.60. The van der Waals surface area contributed by atoms with Crippen LogP contribution in [0.15, 0.2) is 54.6 Å². The first-order valence-corrected chi connectivity index (χ1v) is 11.8. The highest BCUT2D eigenvalue weighted by Crippen LogP contribution is 2.25. The molecule has 3 aromatic rings. The normalized spacial score (nSPS) is 15.4. The van der Waals surface area contributed by atoms with Gasteiger partial charge in [0.1, 0.15) is 0 Å². The summed E-state index contributed by atoms with van der Waals surface area (Å²) < 4.78 is 2.42. The zero-order valence-corrected chi connectivity index (χ0v) is 19.1. The van der Waals surface area contributed by atoms with Gasteiger partial charge in [-0.05, 0) is 67.6 Å². The maximum atomic E-state index is 12.4. The Morgan fingerprint density at radius 2 is 1.81 bits per heavy atom. The summed E-state index contributed by atoms with van der Waals surface area (Å²) in [7, 11) is 0. The van der Waals surface area contributed by atoms with Gasteiger partial charge in [-0.1, -0.05) is 55.3 Å². The van der Waals surface area contributed by atoms with E-state index < -0.39 is 0 Å². The molecule has 1 aromatic heterocycles. The number of halogens is 1. The Kier molecular flexibility index (Phi) is 7.31. The summed E-state index contributed by atoms with van der Waals surface area (Å²) in [6, 6.07) is 19.0. The highest BCUT2D eigenvalue weighted by atomic mass is 35.5. The van der Waals surface area contributed by atoms with Crippen LogP contribution in [0.4, 0.5) is 0 Å². The number of carbonyl (C=O) groups excluding carboxylic acids is 1. The van der Waals surface area contributed by atoms with E-state index in [-0.39, 0.29) is 11.8 Å². The fraction of sp³-hybridized carbons (Fsp3) is 0.423. The van der Waals surface area contributed by atoms with E-state index in [0.29, 0.717) is 0 Å². The maximum Gasteiger partial charge on any atom is 0.223 e. The third-order valence-electron chi connectivity index (χ3n) is 6.32. The van der Waals surface area contributed by atoms with Gasteiger partial charge in [-0.2, -0.15) is 0 Å². The molecule has 0 unspecified atom stereocenters. The molecule has 1 amide bonds. The average Bonchev–Trinajstić information content (AvgIpc) is 3.13. The lowest BCUT2D eigenvalue weighted by Gasteiger charge is -2.31. The smallest absolute Gasteiger partial charge is 0.223 e.